The first-order valence-electron chi connectivity index (χ1n) is 12.6. The molecule has 1 fully saturated rings. The first-order chi connectivity index (χ1) is 18.3. The number of nitrogens with zero attached hydrogens (tertiary/aromatic N) is 4. The number of benzene rings is 2. The highest BCUT2D eigenvalue weighted by molar-refractivity contribution is 6.30. The molecule has 9 heteroatoms. The number of aromatic nitrogens is 3. The van der Waals surface area contributed by atoms with Crippen molar-refractivity contribution >= 4 is 23.3 Å². The van der Waals surface area contributed by atoms with Gasteiger partial charge in [-0.2, -0.15) is 5.10 Å². The predicted octanol–water partition coefficient (Wildman–Crippen LogP) is 4.79. The lowest BCUT2D eigenvalue weighted by Crippen LogP contribution is -2.55. The molecular weight excluding hydrogens is 500 g/mol. The minimum absolute atomic E-state index is 0.0405. The number of ether oxygens (including phenoxy) is 1. The van der Waals surface area contributed by atoms with E-state index in [0.717, 1.165) is 27.9 Å². The summed E-state index contributed by atoms with van der Waals surface area (Å²) in [4.78, 5) is 19.3. The standard InChI is InChI=1S/C29H31ClN6O2/c1-18-15-36(16-19(2)33-18)29(37)22-11-9-20(10-12-22)23-13-25(28(31)32-14-23)38-17-24-26(34-35(3)27(24)30)21-7-5-4-6-8-21/h4-14,18-19,33H,15-17H2,1-3H3,(H2,31,32). The molecule has 0 spiro atoms. The Kier molecular flexibility index (Phi) is 7.35. The van der Waals surface area contributed by atoms with Crippen LogP contribution in [0.5, 0.6) is 5.75 Å². The summed E-state index contributed by atoms with van der Waals surface area (Å²) < 4.78 is 7.74. The topological polar surface area (TPSA) is 98.3 Å². The zero-order valence-electron chi connectivity index (χ0n) is 21.7. The van der Waals surface area contributed by atoms with Crippen LogP contribution in [-0.2, 0) is 13.7 Å². The quantitative estimate of drug-likeness (QED) is 0.372. The number of piperazine rings is 1. The van der Waals surface area contributed by atoms with Crippen LogP contribution in [0.3, 0.4) is 0 Å². The van der Waals surface area contributed by atoms with Gasteiger partial charge in [-0.3, -0.25) is 9.48 Å². The number of hydrogen-bond donors (Lipinski definition) is 2. The summed E-state index contributed by atoms with van der Waals surface area (Å²) in [5.74, 6) is 0.771. The Bertz CT molecular complexity index is 1430. The van der Waals surface area contributed by atoms with Crippen molar-refractivity contribution in [3.05, 3.63) is 83.1 Å². The van der Waals surface area contributed by atoms with E-state index in [1.165, 1.54) is 0 Å². The number of hydrogen-bond acceptors (Lipinski definition) is 6. The van der Waals surface area contributed by atoms with Gasteiger partial charge in [-0.1, -0.05) is 54.1 Å². The maximum Gasteiger partial charge on any atom is 0.253 e. The van der Waals surface area contributed by atoms with E-state index in [4.69, 9.17) is 22.1 Å². The van der Waals surface area contributed by atoms with E-state index in [-0.39, 0.29) is 30.4 Å². The zero-order valence-corrected chi connectivity index (χ0v) is 22.4. The Morgan fingerprint density at radius 2 is 1.74 bits per heavy atom. The van der Waals surface area contributed by atoms with E-state index in [1.807, 2.05) is 65.6 Å². The Balaban J connectivity index is 1.33. The van der Waals surface area contributed by atoms with Crippen LogP contribution in [0.15, 0.2) is 66.9 Å². The third-order valence-electron chi connectivity index (χ3n) is 6.68. The van der Waals surface area contributed by atoms with E-state index in [2.05, 4.69) is 29.2 Å². The van der Waals surface area contributed by atoms with Gasteiger partial charge < -0.3 is 20.7 Å². The second kappa shape index (κ2) is 10.8. The molecule has 4 aromatic rings. The summed E-state index contributed by atoms with van der Waals surface area (Å²) in [5.41, 5.74) is 11.0. The van der Waals surface area contributed by atoms with Gasteiger partial charge in [0.1, 0.15) is 17.5 Å². The van der Waals surface area contributed by atoms with Crippen molar-refractivity contribution in [1.29, 1.82) is 0 Å². The fraction of sp³-hybridized carbons (Fsp3) is 0.276. The first-order valence-corrected chi connectivity index (χ1v) is 13.0. The van der Waals surface area contributed by atoms with Gasteiger partial charge >= 0.3 is 0 Å². The second-order valence-corrected chi connectivity index (χ2v) is 10.1. The van der Waals surface area contributed by atoms with Gasteiger partial charge in [-0.25, -0.2) is 4.98 Å². The summed E-state index contributed by atoms with van der Waals surface area (Å²) in [6.07, 6.45) is 1.70. The molecule has 2 atom stereocenters. The largest absolute Gasteiger partial charge is 0.485 e. The number of anilines is 1. The van der Waals surface area contributed by atoms with E-state index >= 15 is 0 Å². The van der Waals surface area contributed by atoms with Crippen LogP contribution in [0.25, 0.3) is 22.4 Å². The number of nitrogens with one attached hydrogen (secondary N) is 1. The normalized spacial score (nSPS) is 17.4. The fourth-order valence-electron chi connectivity index (χ4n) is 4.86. The molecule has 38 heavy (non-hydrogen) atoms. The number of nitrogens with two attached hydrogens (primary N) is 1. The molecule has 5 rings (SSSR count). The van der Waals surface area contributed by atoms with Gasteiger partial charge in [0.2, 0.25) is 0 Å². The van der Waals surface area contributed by atoms with Crippen LogP contribution in [0.2, 0.25) is 5.15 Å². The van der Waals surface area contributed by atoms with Crippen molar-refractivity contribution in [2.45, 2.75) is 32.5 Å². The Morgan fingerprint density at radius 1 is 1.05 bits per heavy atom. The number of rotatable bonds is 6. The van der Waals surface area contributed by atoms with Crippen molar-refractivity contribution in [3.63, 3.8) is 0 Å². The second-order valence-electron chi connectivity index (χ2n) is 9.76. The monoisotopic (exact) mass is 530 g/mol. The molecule has 1 aliphatic heterocycles. The molecular formula is C29H31ClN6O2. The molecule has 196 valence electrons. The Morgan fingerprint density at radius 3 is 2.42 bits per heavy atom. The van der Waals surface area contributed by atoms with Gasteiger partial charge in [-0.15, -0.1) is 0 Å². The Hall–Kier alpha value is -3.88. The molecule has 3 N–H and O–H groups in total. The van der Waals surface area contributed by atoms with E-state index in [9.17, 15) is 4.79 Å². The third-order valence-corrected chi connectivity index (χ3v) is 7.15. The molecule has 1 amide bonds. The first kappa shape index (κ1) is 25.8. The predicted molar refractivity (Wildman–Crippen MR) is 150 cm³/mol. The molecule has 8 nitrogen and oxygen atoms in total. The molecule has 0 bridgehead atoms. The number of carbonyl (C=O) groups excluding carboxylic acids is 1. The van der Waals surface area contributed by atoms with Crippen molar-refractivity contribution in [2.24, 2.45) is 7.05 Å². The van der Waals surface area contributed by atoms with Crippen LogP contribution in [-0.4, -0.2) is 50.7 Å². The lowest BCUT2D eigenvalue weighted by atomic mass is 10.0. The summed E-state index contributed by atoms with van der Waals surface area (Å²) in [5, 5.41) is 8.53. The molecule has 1 saturated heterocycles. The molecule has 2 unspecified atom stereocenters. The van der Waals surface area contributed by atoms with E-state index in [1.54, 1.807) is 17.9 Å². The molecule has 1 aliphatic rings. The highest BCUT2D eigenvalue weighted by Crippen LogP contribution is 2.32. The SMILES string of the molecule is CC1CN(C(=O)c2ccc(-c3cnc(N)c(OCc4c(-c5ccccc5)nn(C)c4Cl)c3)cc2)CC(C)N1. The van der Waals surface area contributed by atoms with Crippen molar-refractivity contribution < 1.29 is 9.53 Å². The van der Waals surface area contributed by atoms with Crippen LogP contribution in [0, 0.1) is 0 Å². The van der Waals surface area contributed by atoms with Crippen LogP contribution < -0.4 is 15.8 Å². The number of halogens is 1. The number of aryl methyl sites for hydroxylation is 1. The summed E-state index contributed by atoms with van der Waals surface area (Å²) >= 11 is 6.55. The summed E-state index contributed by atoms with van der Waals surface area (Å²) in [7, 11) is 1.80. The van der Waals surface area contributed by atoms with Gasteiger partial charge in [0.05, 0.1) is 5.56 Å². The lowest BCUT2D eigenvalue weighted by Gasteiger charge is -2.36. The number of carbonyl (C=O) groups is 1. The molecule has 0 saturated carbocycles. The molecule has 0 aliphatic carbocycles. The minimum atomic E-state index is 0.0405. The van der Waals surface area contributed by atoms with Crippen molar-refractivity contribution in [3.8, 4) is 28.1 Å². The summed E-state index contributed by atoms with van der Waals surface area (Å²) in [6, 6.07) is 19.8. The minimum Gasteiger partial charge on any atom is -0.485 e. The van der Waals surface area contributed by atoms with Gasteiger partial charge in [0.15, 0.2) is 11.6 Å². The van der Waals surface area contributed by atoms with Gasteiger partial charge in [0, 0.05) is 55.1 Å². The van der Waals surface area contributed by atoms with Crippen LogP contribution in [0.1, 0.15) is 29.8 Å². The Labute approximate surface area is 227 Å². The fourth-order valence-corrected chi connectivity index (χ4v) is 5.04. The number of pyridine rings is 1. The molecule has 2 aromatic carbocycles. The molecule has 0 radical (unpaired) electrons. The maximum absolute atomic E-state index is 13.0. The van der Waals surface area contributed by atoms with E-state index < -0.39 is 0 Å². The number of nitrogen functional groups attached to an aromatic ring is 1. The zero-order chi connectivity index (χ0) is 26.8. The lowest BCUT2D eigenvalue weighted by molar-refractivity contribution is 0.0674. The number of amides is 1. The third kappa shape index (κ3) is 5.37. The molecule has 3 heterocycles. The highest BCUT2D eigenvalue weighted by atomic mass is 35.5. The van der Waals surface area contributed by atoms with Crippen molar-refractivity contribution in [2.75, 3.05) is 18.8 Å². The highest BCUT2D eigenvalue weighted by Gasteiger charge is 2.25. The molecule has 2 aromatic heterocycles. The van der Waals surface area contributed by atoms with Crippen LogP contribution >= 0.6 is 11.6 Å². The average molecular weight is 531 g/mol. The van der Waals surface area contributed by atoms with Crippen LogP contribution in [0.4, 0.5) is 5.82 Å². The maximum atomic E-state index is 13.0. The summed E-state index contributed by atoms with van der Waals surface area (Å²) in [6.45, 7) is 5.76. The average Bonchev–Trinajstić information content (AvgIpc) is 3.21. The van der Waals surface area contributed by atoms with Gasteiger partial charge in [0.25, 0.3) is 5.91 Å². The smallest absolute Gasteiger partial charge is 0.253 e. The van der Waals surface area contributed by atoms with E-state index in [0.29, 0.717) is 29.6 Å². The van der Waals surface area contributed by atoms with Crippen molar-refractivity contribution in [1.82, 2.24) is 25.0 Å². The van der Waals surface area contributed by atoms with Gasteiger partial charge in [-0.05, 0) is 37.6 Å².